The summed E-state index contributed by atoms with van der Waals surface area (Å²) < 4.78 is 56.4. The van der Waals surface area contributed by atoms with Crippen molar-refractivity contribution in [2.45, 2.75) is 140 Å². The van der Waals surface area contributed by atoms with E-state index in [0.29, 0.717) is 70.8 Å². The van der Waals surface area contributed by atoms with Crippen LogP contribution in [0.5, 0.6) is 11.8 Å². The maximum atomic E-state index is 17.9. The average Bonchev–Trinajstić information content (AvgIpc) is 3.84. The highest BCUT2D eigenvalue weighted by atomic mass is 28.3. The molecular formula is C50H65F2N5O5Si. The van der Waals surface area contributed by atoms with E-state index in [1.54, 1.807) is 13.2 Å². The number of aromatic nitrogens is 2. The highest BCUT2D eigenvalue weighted by Crippen LogP contribution is 2.45. The van der Waals surface area contributed by atoms with Gasteiger partial charge in [0, 0.05) is 55.1 Å². The quantitative estimate of drug-likeness (QED) is 0.0830. The van der Waals surface area contributed by atoms with Crippen molar-refractivity contribution in [3.05, 3.63) is 53.8 Å². The van der Waals surface area contributed by atoms with E-state index in [0.717, 1.165) is 48.6 Å². The zero-order valence-corrected chi connectivity index (χ0v) is 39.8. The molecule has 1 aromatic heterocycles. The molecular weight excluding hydrogens is 817 g/mol. The highest BCUT2D eigenvalue weighted by Gasteiger charge is 2.50. The molecule has 63 heavy (non-hydrogen) atoms. The molecule has 4 aliphatic rings. The summed E-state index contributed by atoms with van der Waals surface area (Å²) in [5.74, 6) is 4.23. The molecule has 2 unspecified atom stereocenters. The minimum Gasteiger partial charge on any atom is -0.468 e. The first-order chi connectivity index (χ1) is 29.9. The van der Waals surface area contributed by atoms with Gasteiger partial charge in [0.05, 0.1) is 17.6 Å². The molecule has 2 bridgehead atoms. The number of benzene rings is 3. The Kier molecular flexibility index (Phi) is 12.5. The number of nitrogens with zero attached hydrogens (tertiary/aromatic N) is 5. The first kappa shape index (κ1) is 45.1. The maximum Gasteiger partial charge on any atom is 0.410 e. The topological polar surface area (TPSA) is 89.5 Å². The summed E-state index contributed by atoms with van der Waals surface area (Å²) in [5, 5.41) is 2.23. The van der Waals surface area contributed by atoms with Crippen LogP contribution in [0, 0.1) is 17.3 Å². The van der Waals surface area contributed by atoms with Crippen LogP contribution in [0.3, 0.4) is 0 Å². The summed E-state index contributed by atoms with van der Waals surface area (Å²) in [7, 11) is -0.552. The Labute approximate surface area is 373 Å². The standard InChI is InChI=1S/C50H65F2N5O5Si/c1-31(2)63(32(3)4,33(5)6)22-19-34-13-11-14-35-23-39(61-30-59-10)24-42(43(34)35)40-17-18-41-45(44(40)52)53-47(60-29-50-20-12-21-56(50)26-36(51)25-50)54-46(41)55-27-37-15-16-38(28-55)57(37)48(58)62-49(7,8)9/h11,13-14,17-18,23-24,31-33,36-38H,12,15-16,20-21,25-30H2,1-10H3/t36-,37?,38?,50+/m1/s1. The van der Waals surface area contributed by atoms with Gasteiger partial charge in [-0.2, -0.15) is 9.97 Å². The SMILES string of the molecule is COCOc1cc(-c2ccc3c(N4CC5CCC(C4)N5C(=O)OC(C)(C)C)nc(OC[C@@]45CCCN4C[C@H](F)C5)nc3c2F)c2c(C#C[Si](C(C)C)(C(C)C)C(C)C)cccc2c1. The summed E-state index contributed by atoms with van der Waals surface area (Å²) in [4.78, 5) is 29.5. The molecule has 4 aliphatic heterocycles. The fraction of sp³-hybridized carbons (Fsp3) is 0.580. The lowest BCUT2D eigenvalue weighted by Crippen LogP contribution is -2.57. The smallest absolute Gasteiger partial charge is 0.410 e. The molecule has 5 heterocycles. The molecule has 0 spiro atoms. The molecule has 0 radical (unpaired) electrons. The van der Waals surface area contributed by atoms with Gasteiger partial charge in [-0.05, 0) is 105 Å². The average molecular weight is 882 g/mol. The Morgan fingerprint density at radius 3 is 2.33 bits per heavy atom. The fourth-order valence-corrected chi connectivity index (χ4v) is 16.7. The minimum absolute atomic E-state index is 0.0263. The Balaban J connectivity index is 1.27. The molecule has 8 rings (SSSR count). The van der Waals surface area contributed by atoms with Gasteiger partial charge in [0.25, 0.3) is 0 Å². The van der Waals surface area contributed by atoms with E-state index in [-0.39, 0.29) is 43.1 Å². The summed E-state index contributed by atoms with van der Waals surface area (Å²) in [6.07, 6.45) is 2.57. The Bertz CT molecular complexity index is 2390. The number of halogens is 2. The van der Waals surface area contributed by atoms with Crippen molar-refractivity contribution in [2.24, 2.45) is 0 Å². The van der Waals surface area contributed by atoms with Crippen molar-refractivity contribution in [3.8, 4) is 34.4 Å². The lowest BCUT2D eigenvalue weighted by Gasteiger charge is -2.42. The normalized spacial score (nSPS) is 22.7. The lowest BCUT2D eigenvalue weighted by molar-refractivity contribution is 0.0122. The number of methoxy groups -OCH3 is 1. The third-order valence-electron chi connectivity index (χ3n) is 14.2. The molecule has 4 saturated heterocycles. The first-order valence-corrected chi connectivity index (χ1v) is 25.2. The minimum atomic E-state index is -2.12. The largest absolute Gasteiger partial charge is 0.468 e. The van der Waals surface area contributed by atoms with Crippen LogP contribution in [-0.2, 0) is 9.47 Å². The van der Waals surface area contributed by atoms with Crippen LogP contribution in [0.1, 0.15) is 100.0 Å². The first-order valence-electron chi connectivity index (χ1n) is 22.9. The number of rotatable bonds is 11. The predicted molar refractivity (Wildman–Crippen MR) is 249 cm³/mol. The third-order valence-corrected chi connectivity index (χ3v) is 20.5. The zero-order chi connectivity index (χ0) is 45.0. The zero-order valence-electron chi connectivity index (χ0n) is 38.8. The molecule has 0 aliphatic carbocycles. The number of amides is 1. The van der Waals surface area contributed by atoms with Crippen molar-refractivity contribution in [3.63, 3.8) is 0 Å². The second-order valence-corrected chi connectivity index (χ2v) is 25.8. The van der Waals surface area contributed by atoms with E-state index in [4.69, 9.17) is 28.9 Å². The Morgan fingerprint density at radius 1 is 0.952 bits per heavy atom. The van der Waals surface area contributed by atoms with Crippen molar-refractivity contribution < 1.29 is 32.5 Å². The number of anilines is 1. The van der Waals surface area contributed by atoms with Crippen molar-refractivity contribution >= 4 is 41.7 Å². The van der Waals surface area contributed by atoms with Crippen LogP contribution in [0.25, 0.3) is 32.8 Å². The predicted octanol–water partition coefficient (Wildman–Crippen LogP) is 10.7. The van der Waals surface area contributed by atoms with Gasteiger partial charge in [-0.1, -0.05) is 65.7 Å². The molecule has 0 N–H and O–H groups in total. The van der Waals surface area contributed by atoms with Crippen LogP contribution in [-0.4, -0.2) is 110 Å². The molecule has 10 nitrogen and oxygen atoms in total. The second kappa shape index (κ2) is 17.5. The Morgan fingerprint density at radius 2 is 1.67 bits per heavy atom. The van der Waals surface area contributed by atoms with Gasteiger partial charge >= 0.3 is 12.1 Å². The van der Waals surface area contributed by atoms with Crippen LogP contribution in [0.15, 0.2) is 42.5 Å². The second-order valence-electron chi connectivity index (χ2n) is 20.3. The van der Waals surface area contributed by atoms with E-state index in [2.05, 4.69) is 62.8 Å². The highest BCUT2D eigenvalue weighted by molar-refractivity contribution is 6.90. The number of hydrogen-bond acceptors (Lipinski definition) is 9. The summed E-state index contributed by atoms with van der Waals surface area (Å²) in [6.45, 7) is 21.9. The van der Waals surface area contributed by atoms with E-state index >= 15 is 4.39 Å². The lowest BCUT2D eigenvalue weighted by atomic mass is 9.93. The fourth-order valence-electron chi connectivity index (χ4n) is 11.5. The van der Waals surface area contributed by atoms with Crippen LogP contribution >= 0.6 is 0 Å². The Hall–Kier alpha value is -4.51. The van der Waals surface area contributed by atoms with E-state index in [1.165, 1.54) is 0 Å². The van der Waals surface area contributed by atoms with Gasteiger partial charge in [0.1, 0.15) is 43.5 Å². The van der Waals surface area contributed by atoms with Gasteiger partial charge in [-0.25, -0.2) is 13.6 Å². The van der Waals surface area contributed by atoms with Gasteiger partial charge in [0.2, 0.25) is 0 Å². The van der Waals surface area contributed by atoms with Gasteiger partial charge in [-0.15, -0.1) is 5.54 Å². The van der Waals surface area contributed by atoms with Crippen LogP contribution < -0.4 is 14.4 Å². The van der Waals surface area contributed by atoms with Crippen LogP contribution in [0.4, 0.5) is 19.4 Å². The molecule has 4 atom stereocenters. The maximum absolute atomic E-state index is 17.9. The number of fused-ring (bicyclic) bond motifs is 5. The number of piperazine rings is 1. The number of ether oxygens (including phenoxy) is 4. The molecule has 1 amide bonds. The third kappa shape index (κ3) is 8.48. The van der Waals surface area contributed by atoms with Gasteiger partial charge in [-0.3, -0.25) is 9.80 Å². The monoisotopic (exact) mass is 881 g/mol. The number of alkyl halides is 1. The molecule has 0 saturated carbocycles. The molecule has 338 valence electrons. The summed E-state index contributed by atoms with van der Waals surface area (Å²) >= 11 is 0. The van der Waals surface area contributed by atoms with Crippen LogP contribution in [0.2, 0.25) is 16.6 Å². The van der Waals surface area contributed by atoms with Crippen molar-refractivity contribution in [1.82, 2.24) is 19.8 Å². The van der Waals surface area contributed by atoms with Crippen molar-refractivity contribution in [2.75, 3.05) is 51.6 Å². The number of hydrogen-bond donors (Lipinski definition) is 0. The molecule has 3 aromatic carbocycles. The molecule has 4 aromatic rings. The van der Waals surface area contributed by atoms with E-state index < -0.39 is 31.2 Å². The summed E-state index contributed by atoms with van der Waals surface area (Å²) in [6, 6.07) is 13.4. The summed E-state index contributed by atoms with van der Waals surface area (Å²) in [5.41, 5.74) is 6.06. The molecule has 13 heteroatoms. The number of carbonyl (C=O) groups is 1. The van der Waals surface area contributed by atoms with Crippen molar-refractivity contribution in [1.29, 1.82) is 0 Å². The van der Waals surface area contributed by atoms with E-state index in [9.17, 15) is 9.18 Å². The van der Waals surface area contributed by atoms with Gasteiger partial charge in [0.15, 0.2) is 12.6 Å². The number of carbonyl (C=O) groups excluding carboxylic acids is 1. The van der Waals surface area contributed by atoms with E-state index in [1.807, 2.05) is 62.1 Å². The van der Waals surface area contributed by atoms with Gasteiger partial charge < -0.3 is 23.8 Å². The molecule has 4 fully saturated rings.